The van der Waals surface area contributed by atoms with E-state index >= 15 is 0 Å². The number of hydrogen-bond donors (Lipinski definition) is 1. The zero-order chi connectivity index (χ0) is 16.5. The van der Waals surface area contributed by atoms with Gasteiger partial charge in [0.2, 0.25) is 0 Å². The SMILES string of the molecule is CCCCCCCCOc1ccc(-c2ncc(O)cc2F)cc1. The third-order valence-electron chi connectivity index (χ3n) is 3.72. The second-order valence-corrected chi connectivity index (χ2v) is 5.66. The van der Waals surface area contributed by atoms with Gasteiger partial charge < -0.3 is 9.84 Å². The van der Waals surface area contributed by atoms with Crippen LogP contribution >= 0.6 is 0 Å². The van der Waals surface area contributed by atoms with Crippen LogP contribution < -0.4 is 4.74 Å². The molecule has 0 saturated carbocycles. The fourth-order valence-electron chi connectivity index (χ4n) is 2.42. The maximum absolute atomic E-state index is 13.8. The molecule has 0 aliphatic rings. The fourth-order valence-corrected chi connectivity index (χ4v) is 2.42. The predicted octanol–water partition coefficient (Wildman–Crippen LogP) is 5.33. The second-order valence-electron chi connectivity index (χ2n) is 5.66. The van der Waals surface area contributed by atoms with Gasteiger partial charge in [-0.3, -0.25) is 0 Å². The van der Waals surface area contributed by atoms with Gasteiger partial charge in [0.1, 0.15) is 17.2 Å². The summed E-state index contributed by atoms with van der Waals surface area (Å²) in [6, 6.07) is 8.25. The van der Waals surface area contributed by atoms with E-state index in [0.29, 0.717) is 12.2 Å². The smallest absolute Gasteiger partial charge is 0.153 e. The first-order valence-electron chi connectivity index (χ1n) is 8.28. The molecule has 0 amide bonds. The van der Waals surface area contributed by atoms with Crippen LogP contribution in [0.4, 0.5) is 4.39 Å². The number of aromatic nitrogens is 1. The molecule has 1 N–H and O–H groups in total. The van der Waals surface area contributed by atoms with E-state index in [4.69, 9.17) is 4.74 Å². The number of hydrogen-bond acceptors (Lipinski definition) is 3. The van der Waals surface area contributed by atoms with Crippen molar-refractivity contribution in [2.24, 2.45) is 0 Å². The number of unbranched alkanes of at least 4 members (excludes halogenated alkanes) is 5. The molecule has 4 heteroatoms. The van der Waals surface area contributed by atoms with Crippen LogP contribution in [0.1, 0.15) is 45.4 Å². The molecule has 3 nitrogen and oxygen atoms in total. The molecule has 0 atom stereocenters. The van der Waals surface area contributed by atoms with Crippen molar-refractivity contribution >= 4 is 0 Å². The third-order valence-corrected chi connectivity index (χ3v) is 3.72. The van der Waals surface area contributed by atoms with Crippen LogP contribution in [0.3, 0.4) is 0 Å². The molecule has 0 aliphatic carbocycles. The Morgan fingerprint density at radius 3 is 2.43 bits per heavy atom. The zero-order valence-electron chi connectivity index (χ0n) is 13.6. The van der Waals surface area contributed by atoms with Gasteiger partial charge in [-0.25, -0.2) is 9.37 Å². The van der Waals surface area contributed by atoms with Gasteiger partial charge in [-0.15, -0.1) is 0 Å². The summed E-state index contributed by atoms with van der Waals surface area (Å²) >= 11 is 0. The van der Waals surface area contributed by atoms with Gasteiger partial charge >= 0.3 is 0 Å². The van der Waals surface area contributed by atoms with Crippen molar-refractivity contribution < 1.29 is 14.2 Å². The molecule has 0 fully saturated rings. The number of nitrogens with zero attached hydrogens (tertiary/aromatic N) is 1. The molecule has 1 aromatic heterocycles. The molecule has 2 aromatic rings. The summed E-state index contributed by atoms with van der Waals surface area (Å²) in [6.45, 7) is 2.92. The Morgan fingerprint density at radius 1 is 1.04 bits per heavy atom. The second kappa shape index (κ2) is 9.13. The molecule has 1 aromatic carbocycles. The Hall–Kier alpha value is -2.10. The topological polar surface area (TPSA) is 42.4 Å². The Bertz CT molecular complexity index is 599. The van der Waals surface area contributed by atoms with Gasteiger partial charge in [0.05, 0.1) is 12.8 Å². The molecule has 0 aliphatic heterocycles. The van der Waals surface area contributed by atoms with E-state index in [1.165, 1.54) is 38.3 Å². The van der Waals surface area contributed by atoms with Gasteiger partial charge in [0.15, 0.2) is 5.82 Å². The van der Waals surface area contributed by atoms with Crippen LogP contribution in [0.15, 0.2) is 36.5 Å². The Balaban J connectivity index is 1.80. The molecule has 2 rings (SSSR count). The van der Waals surface area contributed by atoms with Gasteiger partial charge in [0, 0.05) is 11.6 Å². The maximum Gasteiger partial charge on any atom is 0.153 e. The summed E-state index contributed by atoms with van der Waals surface area (Å²) in [5.74, 6) is 0.0670. The van der Waals surface area contributed by atoms with E-state index in [9.17, 15) is 9.50 Å². The molecule has 124 valence electrons. The highest BCUT2D eigenvalue weighted by Gasteiger charge is 2.07. The van der Waals surface area contributed by atoms with Crippen molar-refractivity contribution in [1.29, 1.82) is 0 Å². The van der Waals surface area contributed by atoms with E-state index in [2.05, 4.69) is 11.9 Å². The molecular weight excluding hydrogens is 293 g/mol. The van der Waals surface area contributed by atoms with E-state index in [1.54, 1.807) is 12.1 Å². The minimum Gasteiger partial charge on any atom is -0.506 e. The van der Waals surface area contributed by atoms with Crippen molar-refractivity contribution in [2.75, 3.05) is 6.61 Å². The summed E-state index contributed by atoms with van der Waals surface area (Å²) in [7, 11) is 0. The number of aromatic hydroxyl groups is 1. The average molecular weight is 317 g/mol. The largest absolute Gasteiger partial charge is 0.506 e. The van der Waals surface area contributed by atoms with E-state index in [0.717, 1.165) is 18.2 Å². The van der Waals surface area contributed by atoms with Crippen molar-refractivity contribution in [3.05, 3.63) is 42.3 Å². The maximum atomic E-state index is 13.8. The molecule has 23 heavy (non-hydrogen) atoms. The molecule has 0 spiro atoms. The minimum absolute atomic E-state index is 0.176. The van der Waals surface area contributed by atoms with Crippen molar-refractivity contribution in [1.82, 2.24) is 4.98 Å². The Labute approximate surface area is 137 Å². The highest BCUT2D eigenvalue weighted by atomic mass is 19.1. The molecule has 0 bridgehead atoms. The number of ether oxygens (including phenoxy) is 1. The van der Waals surface area contributed by atoms with Gasteiger partial charge in [-0.05, 0) is 30.7 Å². The van der Waals surface area contributed by atoms with Crippen LogP contribution in [0.2, 0.25) is 0 Å². The van der Waals surface area contributed by atoms with Crippen molar-refractivity contribution in [2.45, 2.75) is 45.4 Å². The zero-order valence-corrected chi connectivity index (χ0v) is 13.6. The van der Waals surface area contributed by atoms with E-state index < -0.39 is 5.82 Å². The lowest BCUT2D eigenvalue weighted by atomic mass is 10.1. The number of rotatable bonds is 9. The fraction of sp³-hybridized carbons (Fsp3) is 0.421. The van der Waals surface area contributed by atoms with E-state index in [1.807, 2.05) is 12.1 Å². The van der Waals surface area contributed by atoms with Gasteiger partial charge in [0.25, 0.3) is 0 Å². The predicted molar refractivity (Wildman–Crippen MR) is 90.2 cm³/mol. The summed E-state index contributed by atoms with van der Waals surface area (Å²) < 4.78 is 19.5. The summed E-state index contributed by atoms with van der Waals surface area (Å²) in [5, 5.41) is 9.19. The summed E-state index contributed by atoms with van der Waals surface area (Å²) in [5.41, 5.74) is 0.889. The van der Waals surface area contributed by atoms with E-state index in [-0.39, 0.29) is 11.4 Å². The van der Waals surface area contributed by atoms with Gasteiger partial charge in [-0.2, -0.15) is 0 Å². The average Bonchev–Trinajstić information content (AvgIpc) is 2.55. The number of pyridine rings is 1. The van der Waals surface area contributed by atoms with Crippen molar-refractivity contribution in [3.8, 4) is 22.8 Å². The summed E-state index contributed by atoms with van der Waals surface area (Å²) in [4.78, 5) is 3.92. The van der Waals surface area contributed by atoms with Crippen molar-refractivity contribution in [3.63, 3.8) is 0 Å². The molecule has 0 radical (unpaired) electrons. The lowest BCUT2D eigenvalue weighted by Gasteiger charge is -2.08. The summed E-state index contributed by atoms with van der Waals surface area (Å²) in [6.07, 6.45) is 8.63. The molecule has 1 heterocycles. The highest BCUT2D eigenvalue weighted by Crippen LogP contribution is 2.25. The minimum atomic E-state index is -0.536. The van der Waals surface area contributed by atoms with Crippen LogP contribution in [0, 0.1) is 5.82 Å². The third kappa shape index (κ3) is 5.55. The quantitative estimate of drug-likeness (QED) is 0.635. The molecule has 0 unspecified atom stereocenters. The van der Waals surface area contributed by atoms with Gasteiger partial charge in [-0.1, -0.05) is 39.0 Å². The molecule has 0 saturated heterocycles. The Morgan fingerprint density at radius 2 is 1.74 bits per heavy atom. The highest BCUT2D eigenvalue weighted by molar-refractivity contribution is 5.61. The first-order chi connectivity index (χ1) is 11.2. The first kappa shape index (κ1) is 17.3. The lowest BCUT2D eigenvalue weighted by molar-refractivity contribution is 0.304. The van der Waals surface area contributed by atoms with Crippen LogP contribution in [-0.2, 0) is 0 Å². The lowest BCUT2D eigenvalue weighted by Crippen LogP contribution is -1.97. The number of halogens is 1. The first-order valence-corrected chi connectivity index (χ1v) is 8.28. The normalized spacial score (nSPS) is 10.7. The van der Waals surface area contributed by atoms with Crippen LogP contribution in [0.5, 0.6) is 11.5 Å². The standard InChI is InChI=1S/C19H24FNO2/c1-2-3-4-5-6-7-12-23-17-10-8-15(9-11-17)19-18(20)13-16(22)14-21-19/h8-11,13-14,22H,2-7,12H2,1H3. The molecular formula is C19H24FNO2. The van der Waals surface area contributed by atoms with Crippen LogP contribution in [-0.4, -0.2) is 16.7 Å². The Kier molecular flexibility index (Phi) is 6.85. The monoisotopic (exact) mass is 317 g/mol. The number of benzene rings is 1. The van der Waals surface area contributed by atoms with Crippen LogP contribution in [0.25, 0.3) is 11.3 Å².